The molecule has 0 amide bonds. The van der Waals surface area contributed by atoms with Gasteiger partial charge in [0.25, 0.3) is 5.69 Å². The van der Waals surface area contributed by atoms with Crippen molar-refractivity contribution in [2.75, 3.05) is 0 Å². The molecule has 0 radical (unpaired) electrons. The van der Waals surface area contributed by atoms with Crippen LogP contribution in [0.5, 0.6) is 5.75 Å². The van der Waals surface area contributed by atoms with E-state index in [1.807, 2.05) is 0 Å². The maximum Gasteiger partial charge on any atom is 1.00 e. The molecule has 6 heteroatoms. The number of thiol groups is 1. The van der Waals surface area contributed by atoms with Gasteiger partial charge >= 0.3 is 29.6 Å². The Kier molecular flexibility index (Phi) is 4.62. The minimum atomic E-state index is -0.635. The molecule has 0 spiro atoms. The Morgan fingerprint density at radius 3 is 2.42 bits per heavy atom. The largest absolute Gasteiger partial charge is 1.00 e. The first-order valence-corrected chi connectivity index (χ1v) is 3.21. The minimum absolute atomic E-state index is 0. The van der Waals surface area contributed by atoms with E-state index in [1.54, 1.807) is 0 Å². The van der Waals surface area contributed by atoms with Gasteiger partial charge in [-0.3, -0.25) is 10.1 Å². The molecular weight excluding hydrogens is 189 g/mol. The Balaban J connectivity index is 0.00000121. The van der Waals surface area contributed by atoms with Crippen LogP contribution in [-0.4, -0.2) is 4.92 Å². The summed E-state index contributed by atoms with van der Waals surface area (Å²) >= 11 is 3.70. The van der Waals surface area contributed by atoms with Gasteiger partial charge in [0.2, 0.25) is 0 Å². The molecule has 0 aromatic heterocycles. The topological polar surface area (TPSA) is 66.2 Å². The maximum absolute atomic E-state index is 10.8. The number of rotatable bonds is 1. The van der Waals surface area contributed by atoms with Crippen molar-refractivity contribution < 1.29 is 39.6 Å². The second-order valence-corrected chi connectivity index (χ2v) is 2.33. The zero-order chi connectivity index (χ0) is 8.43. The van der Waals surface area contributed by atoms with Crippen molar-refractivity contribution in [3.8, 4) is 5.75 Å². The first-order valence-electron chi connectivity index (χ1n) is 2.76. The maximum atomic E-state index is 10.8. The molecule has 0 fully saturated rings. The summed E-state index contributed by atoms with van der Waals surface area (Å²) in [5, 5.41) is 21.0. The number of nitrogens with zero attached hydrogens (tertiary/aromatic N) is 1. The summed E-state index contributed by atoms with van der Waals surface area (Å²) in [6.45, 7) is 0. The quantitative estimate of drug-likeness (QED) is 0.242. The van der Waals surface area contributed by atoms with Crippen LogP contribution < -0.4 is 34.7 Å². The minimum Gasteiger partial charge on any atom is -0.872 e. The van der Waals surface area contributed by atoms with Crippen molar-refractivity contribution >= 4 is 18.3 Å². The average Bonchev–Trinajstić information content (AvgIpc) is 1.94. The molecule has 0 atom stereocenters. The Hall–Kier alpha value is -0.230. The molecule has 58 valence electrons. The first-order chi connectivity index (χ1) is 5.13. The Labute approximate surface area is 96.4 Å². The zero-order valence-electron chi connectivity index (χ0n) is 6.35. The summed E-state index contributed by atoms with van der Waals surface area (Å²) in [4.78, 5) is 9.44. The summed E-state index contributed by atoms with van der Waals surface area (Å²) in [5.74, 6) is -0.428. The molecule has 1 aromatic rings. The summed E-state index contributed by atoms with van der Waals surface area (Å²) in [7, 11) is 0. The van der Waals surface area contributed by atoms with E-state index in [0.29, 0.717) is 0 Å². The van der Waals surface area contributed by atoms with Crippen LogP contribution in [-0.2, 0) is 0 Å². The normalized spacial score (nSPS) is 8.75. The molecule has 12 heavy (non-hydrogen) atoms. The van der Waals surface area contributed by atoms with Crippen molar-refractivity contribution in [2.24, 2.45) is 0 Å². The van der Waals surface area contributed by atoms with Crippen molar-refractivity contribution in [3.05, 3.63) is 28.3 Å². The number of benzene rings is 1. The Morgan fingerprint density at radius 1 is 1.42 bits per heavy atom. The van der Waals surface area contributed by atoms with Crippen LogP contribution >= 0.6 is 12.6 Å². The first kappa shape index (κ1) is 11.8. The molecule has 0 saturated heterocycles. The van der Waals surface area contributed by atoms with Crippen molar-refractivity contribution in [1.29, 1.82) is 0 Å². The van der Waals surface area contributed by atoms with Crippen molar-refractivity contribution in [1.82, 2.24) is 0 Å². The number of hydrogen-bond donors (Lipinski definition) is 1. The molecular formula is C6H4NNaO3S. The van der Waals surface area contributed by atoms with E-state index in [4.69, 9.17) is 0 Å². The van der Waals surface area contributed by atoms with E-state index < -0.39 is 10.7 Å². The smallest absolute Gasteiger partial charge is 0.872 e. The molecule has 0 aliphatic carbocycles. The van der Waals surface area contributed by atoms with E-state index in [-0.39, 0.29) is 40.1 Å². The van der Waals surface area contributed by atoms with E-state index >= 15 is 0 Å². The van der Waals surface area contributed by atoms with E-state index in [0.717, 1.165) is 0 Å². The van der Waals surface area contributed by atoms with Gasteiger partial charge in [-0.2, -0.15) is 0 Å². The van der Waals surface area contributed by atoms with Gasteiger partial charge in [0.05, 0.1) is 9.82 Å². The predicted octanol–water partition coefficient (Wildman–Crippen LogP) is -2.04. The molecule has 4 nitrogen and oxygen atoms in total. The van der Waals surface area contributed by atoms with Crippen LogP contribution in [0.4, 0.5) is 5.69 Å². The Morgan fingerprint density at radius 2 is 2.00 bits per heavy atom. The second-order valence-electron chi connectivity index (χ2n) is 1.88. The molecule has 0 aliphatic rings. The second kappa shape index (κ2) is 4.71. The number of nitro groups is 1. The molecule has 1 aromatic carbocycles. The van der Waals surface area contributed by atoms with Crippen LogP contribution in [0.3, 0.4) is 0 Å². The average molecular weight is 193 g/mol. The van der Waals surface area contributed by atoms with Gasteiger partial charge in [-0.25, -0.2) is 0 Å². The van der Waals surface area contributed by atoms with Crippen molar-refractivity contribution in [3.63, 3.8) is 0 Å². The number of hydrogen-bond acceptors (Lipinski definition) is 4. The molecule has 0 N–H and O–H groups in total. The zero-order valence-corrected chi connectivity index (χ0v) is 9.25. The molecule has 1 rings (SSSR count). The fourth-order valence-electron chi connectivity index (χ4n) is 0.658. The molecule has 0 heterocycles. The molecule has 0 saturated carbocycles. The van der Waals surface area contributed by atoms with Crippen LogP contribution in [0, 0.1) is 10.1 Å². The van der Waals surface area contributed by atoms with Gasteiger partial charge in [-0.15, -0.1) is 12.6 Å². The van der Waals surface area contributed by atoms with Gasteiger partial charge in [-0.1, -0.05) is 17.9 Å². The van der Waals surface area contributed by atoms with Crippen LogP contribution in [0.1, 0.15) is 0 Å². The third-order valence-electron chi connectivity index (χ3n) is 1.17. The van der Waals surface area contributed by atoms with Gasteiger partial charge in [0.1, 0.15) is 0 Å². The van der Waals surface area contributed by atoms with Gasteiger partial charge in [-0.05, 0) is 0 Å². The fraction of sp³-hybridized carbons (Fsp3) is 0. The molecule has 0 bridgehead atoms. The monoisotopic (exact) mass is 193 g/mol. The standard InChI is InChI=1S/C6H5NO3S.Na/c8-5-3-1-2-4(6(5)11)7(9)10;/h1-3,8,11H;/q;+1/p-1. The van der Waals surface area contributed by atoms with Gasteiger partial charge < -0.3 is 5.11 Å². The van der Waals surface area contributed by atoms with E-state index in [9.17, 15) is 15.2 Å². The predicted molar refractivity (Wildman–Crippen MR) is 39.8 cm³/mol. The van der Waals surface area contributed by atoms with E-state index in [1.165, 1.54) is 18.2 Å². The summed E-state index contributed by atoms with van der Waals surface area (Å²) < 4.78 is 0. The fourth-order valence-corrected chi connectivity index (χ4v) is 0.889. The number of nitro benzene ring substituents is 1. The summed E-state index contributed by atoms with van der Waals surface area (Å²) in [5.41, 5.74) is -0.249. The van der Waals surface area contributed by atoms with Crippen LogP contribution in [0.2, 0.25) is 0 Å². The summed E-state index contributed by atoms with van der Waals surface area (Å²) in [6.07, 6.45) is 0. The Bertz CT molecular complexity index is 305. The summed E-state index contributed by atoms with van der Waals surface area (Å²) in [6, 6.07) is 3.80. The SMILES string of the molecule is O=[N+]([O-])c1cccc([O-])c1S.[Na+]. The van der Waals surface area contributed by atoms with Gasteiger partial charge in [0.15, 0.2) is 0 Å². The third-order valence-corrected chi connectivity index (χ3v) is 1.62. The molecule has 0 aliphatic heterocycles. The van der Waals surface area contributed by atoms with Crippen LogP contribution in [0.15, 0.2) is 23.1 Å². The third kappa shape index (κ3) is 2.38. The van der Waals surface area contributed by atoms with Gasteiger partial charge in [0, 0.05) is 6.07 Å². The molecule has 0 unspecified atom stereocenters. The van der Waals surface area contributed by atoms with E-state index in [2.05, 4.69) is 12.6 Å². The van der Waals surface area contributed by atoms with Crippen molar-refractivity contribution in [2.45, 2.75) is 4.90 Å². The van der Waals surface area contributed by atoms with Crippen LogP contribution in [0.25, 0.3) is 0 Å².